The van der Waals surface area contributed by atoms with Crippen LogP contribution < -0.4 is 0 Å². The Labute approximate surface area is 177 Å². The number of likely N-dealkylation sites (tertiary alicyclic amines) is 1. The fourth-order valence-corrected chi connectivity index (χ4v) is 4.28. The van der Waals surface area contributed by atoms with E-state index in [9.17, 15) is 9.18 Å². The molecule has 4 nitrogen and oxygen atoms in total. The van der Waals surface area contributed by atoms with Crippen LogP contribution >= 0.6 is 0 Å². The van der Waals surface area contributed by atoms with E-state index in [1.807, 2.05) is 13.0 Å². The topological polar surface area (TPSA) is 45.3 Å². The molecule has 0 saturated carbocycles. The van der Waals surface area contributed by atoms with E-state index in [2.05, 4.69) is 22.0 Å². The molecule has 0 spiro atoms. The van der Waals surface area contributed by atoms with Crippen molar-refractivity contribution in [2.75, 3.05) is 19.6 Å². The third-order valence-electron chi connectivity index (χ3n) is 6.04. The van der Waals surface area contributed by atoms with E-state index >= 15 is 0 Å². The number of carbonyl (C=O) groups is 1. The molecule has 2 aromatic carbocycles. The third-order valence-corrected chi connectivity index (χ3v) is 6.04. The monoisotopic (exact) mass is 408 g/mol. The van der Waals surface area contributed by atoms with Gasteiger partial charge >= 0.3 is 5.97 Å². The maximum absolute atomic E-state index is 13.2. The van der Waals surface area contributed by atoms with Crippen LogP contribution in [0.2, 0.25) is 0 Å². The number of aromatic nitrogens is 1. The van der Waals surface area contributed by atoms with Crippen molar-refractivity contribution >= 4 is 16.9 Å². The number of fused-ring (bicyclic) bond motifs is 1. The van der Waals surface area contributed by atoms with Gasteiger partial charge in [0.25, 0.3) is 0 Å². The molecule has 2 heterocycles. The zero-order chi connectivity index (χ0) is 21.1. The summed E-state index contributed by atoms with van der Waals surface area (Å²) < 4.78 is 18.9. The highest BCUT2D eigenvalue weighted by molar-refractivity contribution is 6.05. The Bertz CT molecular complexity index is 1020. The van der Waals surface area contributed by atoms with E-state index < -0.39 is 6.10 Å². The van der Waals surface area contributed by atoms with E-state index in [0.29, 0.717) is 5.56 Å². The zero-order valence-electron chi connectivity index (χ0n) is 17.7. The minimum absolute atomic E-state index is 0.304. The van der Waals surface area contributed by atoms with Crippen molar-refractivity contribution in [3.63, 3.8) is 0 Å². The summed E-state index contributed by atoms with van der Waals surface area (Å²) in [5, 5.41) is 0.903. The first kappa shape index (κ1) is 20.6. The van der Waals surface area contributed by atoms with Crippen LogP contribution in [0.4, 0.5) is 4.39 Å². The summed E-state index contributed by atoms with van der Waals surface area (Å²) in [7, 11) is 0. The highest BCUT2D eigenvalue weighted by Crippen LogP contribution is 2.27. The minimum atomic E-state index is -0.454. The number of hydrogen-bond donors (Lipinski definition) is 1. The molecule has 0 unspecified atom stereocenters. The molecule has 0 bridgehead atoms. The lowest BCUT2D eigenvalue weighted by Gasteiger charge is -2.26. The lowest BCUT2D eigenvalue weighted by Crippen LogP contribution is -2.31. The molecule has 1 aromatic heterocycles. The maximum atomic E-state index is 13.2. The van der Waals surface area contributed by atoms with Gasteiger partial charge in [0.2, 0.25) is 0 Å². The van der Waals surface area contributed by atoms with Crippen molar-refractivity contribution in [1.82, 2.24) is 9.88 Å². The number of carbonyl (C=O) groups excluding carboxylic acids is 1. The Balaban J connectivity index is 1.51. The second kappa shape index (κ2) is 9.00. The molecule has 4 rings (SSSR count). The Morgan fingerprint density at radius 3 is 2.60 bits per heavy atom. The van der Waals surface area contributed by atoms with E-state index in [-0.39, 0.29) is 11.8 Å². The summed E-state index contributed by atoms with van der Waals surface area (Å²) >= 11 is 0. The zero-order valence-corrected chi connectivity index (χ0v) is 17.7. The van der Waals surface area contributed by atoms with Crippen LogP contribution in [0.5, 0.6) is 0 Å². The normalized spacial score (nSPS) is 16.0. The average molecular weight is 409 g/mol. The number of nitrogens with one attached hydrogen (secondary N) is 1. The minimum Gasteiger partial charge on any atom is -0.454 e. The van der Waals surface area contributed by atoms with E-state index in [0.717, 1.165) is 35.1 Å². The maximum Gasteiger partial charge on any atom is 0.341 e. The number of piperidine rings is 1. The number of benzene rings is 2. The number of aromatic amines is 1. The van der Waals surface area contributed by atoms with E-state index in [4.69, 9.17) is 4.74 Å². The van der Waals surface area contributed by atoms with Gasteiger partial charge in [0.1, 0.15) is 11.9 Å². The number of rotatable bonds is 6. The molecule has 1 aliphatic heterocycles. The van der Waals surface area contributed by atoms with Crippen molar-refractivity contribution in [2.45, 2.75) is 45.6 Å². The molecule has 1 saturated heterocycles. The van der Waals surface area contributed by atoms with Crippen LogP contribution in [0.3, 0.4) is 0 Å². The highest BCUT2D eigenvalue weighted by atomic mass is 19.1. The second-order valence-electron chi connectivity index (χ2n) is 8.26. The number of ether oxygens (including phenoxy) is 1. The lowest BCUT2D eigenvalue weighted by atomic mass is 10.0. The SMILES string of the molecule is Cc1[nH]c2ccc(CCN3CCCCC3)cc2c1C(=O)O[C@@H](C)c1ccc(F)cc1. The first-order valence-corrected chi connectivity index (χ1v) is 10.8. The Kier molecular flexibility index (Phi) is 6.18. The van der Waals surface area contributed by atoms with Crippen molar-refractivity contribution in [2.24, 2.45) is 0 Å². The number of nitrogens with zero attached hydrogens (tertiary/aromatic N) is 1. The van der Waals surface area contributed by atoms with E-state index in [1.54, 1.807) is 19.1 Å². The molecule has 30 heavy (non-hydrogen) atoms. The van der Waals surface area contributed by atoms with Crippen molar-refractivity contribution in [3.05, 3.63) is 70.7 Å². The Hall–Kier alpha value is -2.66. The van der Waals surface area contributed by atoms with Crippen LogP contribution in [0, 0.1) is 12.7 Å². The van der Waals surface area contributed by atoms with Gasteiger partial charge in [-0.05, 0) is 81.6 Å². The Morgan fingerprint density at radius 1 is 1.13 bits per heavy atom. The fourth-order valence-electron chi connectivity index (χ4n) is 4.28. The smallest absolute Gasteiger partial charge is 0.341 e. The van der Waals surface area contributed by atoms with Crippen LogP contribution in [-0.4, -0.2) is 35.5 Å². The molecule has 5 heteroatoms. The summed E-state index contributed by atoms with van der Waals surface area (Å²) in [6.45, 7) is 7.12. The Morgan fingerprint density at radius 2 is 1.87 bits per heavy atom. The number of H-pyrrole nitrogens is 1. The third kappa shape index (κ3) is 4.57. The van der Waals surface area contributed by atoms with Crippen LogP contribution in [0.25, 0.3) is 10.9 Å². The van der Waals surface area contributed by atoms with Crippen LogP contribution in [0.1, 0.15) is 59.5 Å². The van der Waals surface area contributed by atoms with Gasteiger partial charge in [0, 0.05) is 23.1 Å². The number of esters is 1. The number of aryl methyl sites for hydroxylation is 1. The highest BCUT2D eigenvalue weighted by Gasteiger charge is 2.21. The van der Waals surface area contributed by atoms with Crippen molar-refractivity contribution < 1.29 is 13.9 Å². The molecule has 0 radical (unpaired) electrons. The molecule has 1 atom stereocenters. The first-order chi connectivity index (χ1) is 14.5. The molecule has 158 valence electrons. The second-order valence-corrected chi connectivity index (χ2v) is 8.26. The van der Waals surface area contributed by atoms with E-state index in [1.165, 1.54) is 50.0 Å². The van der Waals surface area contributed by atoms with Gasteiger partial charge in [-0.15, -0.1) is 0 Å². The molecule has 1 N–H and O–H groups in total. The molecule has 1 aliphatic rings. The lowest BCUT2D eigenvalue weighted by molar-refractivity contribution is 0.0339. The molecule has 1 fully saturated rings. The molecule has 3 aromatic rings. The number of hydrogen-bond acceptors (Lipinski definition) is 3. The summed E-state index contributed by atoms with van der Waals surface area (Å²) in [4.78, 5) is 18.8. The summed E-state index contributed by atoms with van der Waals surface area (Å²) in [5.41, 5.74) is 4.32. The standard InChI is InChI=1S/C25H29FN2O2/c1-17-24(25(29)30-18(2)20-7-9-21(26)10-8-20)22-16-19(6-11-23(22)27-17)12-15-28-13-4-3-5-14-28/h6-11,16,18,27H,3-5,12-15H2,1-2H3/t18-/m0/s1. The van der Waals surface area contributed by atoms with Crippen molar-refractivity contribution in [1.29, 1.82) is 0 Å². The van der Waals surface area contributed by atoms with Gasteiger partial charge in [-0.3, -0.25) is 0 Å². The predicted molar refractivity (Wildman–Crippen MR) is 117 cm³/mol. The fraction of sp³-hybridized carbons (Fsp3) is 0.400. The van der Waals surface area contributed by atoms with Gasteiger partial charge < -0.3 is 14.6 Å². The molecular weight excluding hydrogens is 379 g/mol. The first-order valence-electron chi connectivity index (χ1n) is 10.8. The van der Waals surface area contributed by atoms with Gasteiger partial charge in [-0.1, -0.05) is 24.6 Å². The largest absolute Gasteiger partial charge is 0.454 e. The van der Waals surface area contributed by atoms with Gasteiger partial charge in [-0.25, -0.2) is 9.18 Å². The molecular formula is C25H29FN2O2. The summed E-state index contributed by atoms with van der Waals surface area (Å²) in [6, 6.07) is 12.4. The van der Waals surface area contributed by atoms with Crippen LogP contribution in [0.15, 0.2) is 42.5 Å². The molecule has 0 aliphatic carbocycles. The number of halogens is 1. The predicted octanol–water partition coefficient (Wildman–Crippen LogP) is 5.56. The summed E-state index contributed by atoms with van der Waals surface area (Å²) in [6.07, 6.45) is 4.44. The van der Waals surface area contributed by atoms with Gasteiger partial charge in [-0.2, -0.15) is 0 Å². The average Bonchev–Trinajstić information content (AvgIpc) is 3.08. The summed E-state index contributed by atoms with van der Waals surface area (Å²) in [5.74, 6) is -0.661. The molecule has 0 amide bonds. The van der Waals surface area contributed by atoms with Gasteiger partial charge in [0.15, 0.2) is 0 Å². The van der Waals surface area contributed by atoms with Gasteiger partial charge in [0.05, 0.1) is 5.56 Å². The quantitative estimate of drug-likeness (QED) is 0.543. The van der Waals surface area contributed by atoms with Crippen LogP contribution in [-0.2, 0) is 11.2 Å². The van der Waals surface area contributed by atoms with Crippen molar-refractivity contribution in [3.8, 4) is 0 Å².